The first-order valence-electron chi connectivity index (χ1n) is 11.7. The maximum absolute atomic E-state index is 12.4. The lowest BCUT2D eigenvalue weighted by molar-refractivity contribution is 0.415. The average Bonchev–Trinajstić information content (AvgIpc) is 3.33. The lowest BCUT2D eigenvalue weighted by Gasteiger charge is -2.09. The van der Waals surface area contributed by atoms with Crippen LogP contribution in [0.2, 0.25) is 10.0 Å². The van der Waals surface area contributed by atoms with E-state index < -0.39 is 10.0 Å². The number of halogens is 2. The Bertz CT molecular complexity index is 1500. The number of nitrogens with one attached hydrogen (secondary N) is 3. The van der Waals surface area contributed by atoms with Crippen molar-refractivity contribution in [2.75, 3.05) is 37.4 Å². The molecule has 0 radical (unpaired) electrons. The summed E-state index contributed by atoms with van der Waals surface area (Å²) >= 11 is 13.6. The number of methoxy groups -OCH3 is 1. The van der Waals surface area contributed by atoms with Crippen molar-refractivity contribution < 1.29 is 13.2 Å². The van der Waals surface area contributed by atoms with Gasteiger partial charge in [0.2, 0.25) is 16.0 Å². The SMILES string of the molecule is CCNc1nc(-c2ccc(Cl)c(OC)c2)c(-c2ccnc(NCCCNS(=O)(=O)c3ccc(Cl)cc3)n2)s1. The van der Waals surface area contributed by atoms with Gasteiger partial charge in [-0.1, -0.05) is 40.6 Å². The third kappa shape index (κ3) is 6.91. The molecular formula is C25H26Cl2N6O3S2. The summed E-state index contributed by atoms with van der Waals surface area (Å²) in [5, 5.41) is 8.19. The number of anilines is 2. The van der Waals surface area contributed by atoms with Gasteiger partial charge in [-0.15, -0.1) is 0 Å². The summed E-state index contributed by atoms with van der Waals surface area (Å²) in [5.74, 6) is 0.992. The van der Waals surface area contributed by atoms with Crippen LogP contribution in [0.5, 0.6) is 5.75 Å². The molecule has 9 nitrogen and oxygen atoms in total. The van der Waals surface area contributed by atoms with Crippen molar-refractivity contribution in [1.82, 2.24) is 19.7 Å². The summed E-state index contributed by atoms with van der Waals surface area (Å²) in [5.41, 5.74) is 2.31. The van der Waals surface area contributed by atoms with Crippen molar-refractivity contribution in [2.45, 2.75) is 18.2 Å². The number of sulfonamides is 1. The molecule has 13 heteroatoms. The highest BCUT2D eigenvalue weighted by atomic mass is 35.5. The Balaban J connectivity index is 1.45. The molecule has 0 amide bonds. The topological polar surface area (TPSA) is 118 Å². The van der Waals surface area contributed by atoms with Crippen LogP contribution in [0.15, 0.2) is 59.6 Å². The molecule has 0 aliphatic carbocycles. The minimum absolute atomic E-state index is 0.168. The number of rotatable bonds is 12. The van der Waals surface area contributed by atoms with E-state index in [9.17, 15) is 8.42 Å². The Morgan fingerprint density at radius 3 is 2.53 bits per heavy atom. The highest BCUT2D eigenvalue weighted by molar-refractivity contribution is 7.89. The van der Waals surface area contributed by atoms with Crippen LogP contribution in [0.1, 0.15) is 13.3 Å². The highest BCUT2D eigenvalue weighted by Gasteiger charge is 2.18. The molecular weight excluding hydrogens is 567 g/mol. The lowest BCUT2D eigenvalue weighted by Crippen LogP contribution is -2.26. The molecule has 38 heavy (non-hydrogen) atoms. The van der Waals surface area contributed by atoms with E-state index in [2.05, 4.69) is 25.3 Å². The molecule has 2 heterocycles. The van der Waals surface area contributed by atoms with E-state index >= 15 is 0 Å². The molecule has 0 spiro atoms. The average molecular weight is 594 g/mol. The largest absolute Gasteiger partial charge is 0.495 e. The second-order valence-electron chi connectivity index (χ2n) is 7.97. The van der Waals surface area contributed by atoms with Crippen LogP contribution in [0.4, 0.5) is 11.1 Å². The molecule has 0 fully saturated rings. The van der Waals surface area contributed by atoms with Crippen molar-refractivity contribution in [2.24, 2.45) is 0 Å². The fraction of sp³-hybridized carbons (Fsp3) is 0.240. The molecule has 4 aromatic rings. The predicted octanol–water partition coefficient (Wildman–Crippen LogP) is 5.79. The Labute approximate surface area is 235 Å². The smallest absolute Gasteiger partial charge is 0.240 e. The Kier molecular flexibility index (Phi) is 9.40. The van der Waals surface area contributed by atoms with E-state index in [1.165, 1.54) is 23.5 Å². The van der Waals surface area contributed by atoms with E-state index in [1.807, 2.05) is 25.1 Å². The maximum atomic E-state index is 12.4. The zero-order valence-corrected chi connectivity index (χ0v) is 23.8. The summed E-state index contributed by atoms with van der Waals surface area (Å²) in [6.45, 7) is 3.46. The van der Waals surface area contributed by atoms with Crippen LogP contribution in [0.25, 0.3) is 21.8 Å². The molecule has 4 rings (SSSR count). The van der Waals surface area contributed by atoms with Crippen LogP contribution >= 0.6 is 34.5 Å². The first kappa shape index (κ1) is 28.1. The van der Waals surface area contributed by atoms with Gasteiger partial charge in [-0.05, 0) is 55.8 Å². The monoisotopic (exact) mass is 592 g/mol. The summed E-state index contributed by atoms with van der Waals surface area (Å²) < 4.78 is 32.8. The van der Waals surface area contributed by atoms with Gasteiger partial charge in [0.25, 0.3) is 0 Å². The minimum atomic E-state index is -3.60. The van der Waals surface area contributed by atoms with Gasteiger partial charge >= 0.3 is 0 Å². The molecule has 0 saturated carbocycles. The van der Waals surface area contributed by atoms with E-state index in [1.54, 1.807) is 31.5 Å². The first-order valence-corrected chi connectivity index (χ1v) is 14.8. The van der Waals surface area contributed by atoms with E-state index in [0.717, 1.165) is 27.8 Å². The number of aromatic nitrogens is 3. The van der Waals surface area contributed by atoms with Crippen molar-refractivity contribution in [1.29, 1.82) is 0 Å². The summed E-state index contributed by atoms with van der Waals surface area (Å²) in [6, 6.07) is 13.4. The second-order valence-corrected chi connectivity index (χ2v) is 11.6. The molecule has 0 bridgehead atoms. The standard InChI is InChI=1S/C25H26Cl2N6O3S2/c1-3-28-25-33-22(16-5-10-19(27)21(15-16)36-2)23(37-25)20-11-14-30-24(32-20)29-12-4-13-31-38(34,35)18-8-6-17(26)7-9-18/h5-11,14-15,31H,3-4,12-13H2,1-2H3,(H,28,33)(H,29,30,32). The third-order valence-electron chi connectivity index (χ3n) is 5.32. The Hall–Kier alpha value is -2.96. The number of ether oxygens (including phenoxy) is 1. The minimum Gasteiger partial charge on any atom is -0.495 e. The zero-order chi connectivity index (χ0) is 27.1. The van der Waals surface area contributed by atoms with Gasteiger partial charge in [-0.25, -0.2) is 28.1 Å². The molecule has 2 aromatic carbocycles. The number of thiazole rings is 1. The molecule has 2 aromatic heterocycles. The van der Waals surface area contributed by atoms with E-state index in [4.69, 9.17) is 32.9 Å². The number of benzene rings is 2. The quantitative estimate of drug-likeness (QED) is 0.177. The summed E-state index contributed by atoms with van der Waals surface area (Å²) in [6.07, 6.45) is 2.20. The molecule has 0 aliphatic rings. The van der Waals surface area contributed by atoms with Crippen molar-refractivity contribution in [3.63, 3.8) is 0 Å². The molecule has 0 atom stereocenters. The summed E-state index contributed by atoms with van der Waals surface area (Å²) in [7, 11) is -2.03. The van der Waals surface area contributed by atoms with Crippen LogP contribution in [-0.2, 0) is 10.0 Å². The van der Waals surface area contributed by atoms with Gasteiger partial charge < -0.3 is 15.4 Å². The molecule has 0 unspecified atom stereocenters. The van der Waals surface area contributed by atoms with Crippen molar-refractivity contribution in [3.8, 4) is 27.6 Å². The Morgan fingerprint density at radius 1 is 1.00 bits per heavy atom. The van der Waals surface area contributed by atoms with E-state index in [0.29, 0.717) is 40.4 Å². The van der Waals surface area contributed by atoms with Gasteiger partial charge in [0.1, 0.15) is 5.75 Å². The highest BCUT2D eigenvalue weighted by Crippen LogP contribution is 2.40. The Morgan fingerprint density at radius 2 is 1.79 bits per heavy atom. The zero-order valence-electron chi connectivity index (χ0n) is 20.7. The third-order valence-corrected chi connectivity index (χ3v) is 8.40. The van der Waals surface area contributed by atoms with Crippen molar-refractivity contribution >= 4 is 55.6 Å². The fourth-order valence-electron chi connectivity index (χ4n) is 3.49. The predicted molar refractivity (Wildman–Crippen MR) is 154 cm³/mol. The summed E-state index contributed by atoms with van der Waals surface area (Å²) in [4.78, 5) is 14.8. The fourth-order valence-corrected chi connectivity index (χ4v) is 5.91. The molecule has 0 saturated heterocycles. The van der Waals surface area contributed by atoms with Gasteiger partial charge in [-0.3, -0.25) is 0 Å². The van der Waals surface area contributed by atoms with Crippen LogP contribution in [-0.4, -0.2) is 50.1 Å². The van der Waals surface area contributed by atoms with Gasteiger partial charge in [0.15, 0.2) is 5.13 Å². The number of hydrogen-bond donors (Lipinski definition) is 3. The molecule has 3 N–H and O–H groups in total. The first-order chi connectivity index (χ1) is 18.3. The van der Waals surface area contributed by atoms with E-state index in [-0.39, 0.29) is 11.4 Å². The number of hydrogen-bond acceptors (Lipinski definition) is 9. The van der Waals surface area contributed by atoms with Crippen molar-refractivity contribution in [3.05, 3.63) is 64.8 Å². The van der Waals surface area contributed by atoms with Gasteiger partial charge in [-0.2, -0.15) is 0 Å². The maximum Gasteiger partial charge on any atom is 0.240 e. The van der Waals surface area contributed by atoms with Crippen LogP contribution in [0.3, 0.4) is 0 Å². The lowest BCUT2D eigenvalue weighted by atomic mass is 10.1. The number of nitrogens with zero attached hydrogens (tertiary/aromatic N) is 3. The van der Waals surface area contributed by atoms with Crippen LogP contribution < -0.4 is 20.1 Å². The molecule has 0 aliphatic heterocycles. The van der Waals surface area contributed by atoms with Gasteiger partial charge in [0, 0.05) is 36.4 Å². The van der Waals surface area contributed by atoms with Gasteiger partial charge in [0.05, 0.1) is 33.3 Å². The second kappa shape index (κ2) is 12.7. The normalized spacial score (nSPS) is 11.4. The molecule has 200 valence electrons. The van der Waals surface area contributed by atoms with Crippen LogP contribution in [0, 0.1) is 0 Å².